The Labute approximate surface area is 106 Å². The van der Waals surface area contributed by atoms with Gasteiger partial charge < -0.3 is 15.7 Å². The molecule has 5 nitrogen and oxygen atoms in total. The minimum absolute atomic E-state index is 0.0893. The van der Waals surface area contributed by atoms with Crippen LogP contribution in [0.4, 0.5) is 0 Å². The van der Waals surface area contributed by atoms with Crippen molar-refractivity contribution >= 4 is 11.8 Å². The van der Waals surface area contributed by atoms with Crippen molar-refractivity contribution in [2.45, 2.75) is 26.4 Å². The maximum Gasteiger partial charge on any atom is 0.251 e. The smallest absolute Gasteiger partial charge is 0.251 e. The molecule has 0 saturated heterocycles. The molecular formula is C13H18N2O3. The zero-order chi connectivity index (χ0) is 13.5. The van der Waals surface area contributed by atoms with Crippen molar-refractivity contribution in [1.29, 1.82) is 0 Å². The molecule has 0 aliphatic rings. The molecule has 5 heteroatoms. The second kappa shape index (κ2) is 6.76. The first-order chi connectivity index (χ1) is 8.52. The Morgan fingerprint density at radius 2 is 1.89 bits per heavy atom. The van der Waals surface area contributed by atoms with Crippen LogP contribution in [0.1, 0.15) is 29.8 Å². The van der Waals surface area contributed by atoms with Gasteiger partial charge in [0, 0.05) is 25.1 Å². The number of hydrogen-bond acceptors (Lipinski definition) is 3. The van der Waals surface area contributed by atoms with E-state index in [1.165, 1.54) is 6.92 Å². The van der Waals surface area contributed by atoms with Gasteiger partial charge in [-0.2, -0.15) is 0 Å². The SMILES string of the molecule is CC(=O)NCc1ccc(C(=O)NC(C)CO)cc1. The molecule has 0 fully saturated rings. The van der Waals surface area contributed by atoms with Gasteiger partial charge in [0.2, 0.25) is 5.91 Å². The molecule has 1 rings (SSSR count). The highest BCUT2D eigenvalue weighted by atomic mass is 16.3. The van der Waals surface area contributed by atoms with E-state index in [9.17, 15) is 9.59 Å². The second-order valence-electron chi connectivity index (χ2n) is 4.16. The lowest BCUT2D eigenvalue weighted by Crippen LogP contribution is -2.34. The fraction of sp³-hybridized carbons (Fsp3) is 0.385. The molecule has 0 spiro atoms. The van der Waals surface area contributed by atoms with Crippen molar-refractivity contribution in [3.05, 3.63) is 35.4 Å². The Morgan fingerprint density at radius 3 is 2.39 bits per heavy atom. The van der Waals surface area contributed by atoms with Crippen molar-refractivity contribution in [3.63, 3.8) is 0 Å². The molecule has 0 saturated carbocycles. The van der Waals surface area contributed by atoms with E-state index in [1.807, 2.05) is 0 Å². The Kier molecular flexibility index (Phi) is 5.32. The third kappa shape index (κ3) is 4.55. The van der Waals surface area contributed by atoms with Crippen LogP contribution >= 0.6 is 0 Å². The van der Waals surface area contributed by atoms with E-state index in [2.05, 4.69) is 10.6 Å². The Bertz CT molecular complexity index is 415. The summed E-state index contributed by atoms with van der Waals surface area (Å²) in [6, 6.07) is 6.69. The Hall–Kier alpha value is -1.88. The number of aliphatic hydroxyl groups excluding tert-OH is 1. The van der Waals surface area contributed by atoms with E-state index >= 15 is 0 Å². The fourth-order valence-electron chi connectivity index (χ4n) is 1.35. The molecule has 1 aromatic carbocycles. The number of rotatable bonds is 5. The second-order valence-corrected chi connectivity index (χ2v) is 4.16. The molecule has 0 aliphatic carbocycles. The lowest BCUT2D eigenvalue weighted by atomic mass is 10.1. The van der Waals surface area contributed by atoms with E-state index < -0.39 is 0 Å². The quantitative estimate of drug-likeness (QED) is 0.709. The third-order valence-electron chi connectivity index (χ3n) is 2.41. The van der Waals surface area contributed by atoms with E-state index in [1.54, 1.807) is 31.2 Å². The highest BCUT2D eigenvalue weighted by Crippen LogP contribution is 2.04. The molecule has 0 heterocycles. The third-order valence-corrected chi connectivity index (χ3v) is 2.41. The summed E-state index contributed by atoms with van der Waals surface area (Å²) < 4.78 is 0. The van der Waals surface area contributed by atoms with Gasteiger partial charge in [-0.3, -0.25) is 9.59 Å². The molecule has 2 amide bonds. The summed E-state index contributed by atoms with van der Waals surface area (Å²) in [5.74, 6) is -0.309. The van der Waals surface area contributed by atoms with Crippen LogP contribution in [0.2, 0.25) is 0 Å². The van der Waals surface area contributed by atoms with Gasteiger partial charge in [0.25, 0.3) is 5.91 Å². The maximum atomic E-state index is 11.7. The lowest BCUT2D eigenvalue weighted by Gasteiger charge is -2.11. The predicted octanol–water partition coefficient (Wildman–Crippen LogP) is 0.433. The van der Waals surface area contributed by atoms with Crippen LogP contribution in [-0.4, -0.2) is 29.6 Å². The van der Waals surface area contributed by atoms with Gasteiger partial charge in [-0.25, -0.2) is 0 Å². The molecule has 0 radical (unpaired) electrons. The van der Waals surface area contributed by atoms with E-state index in [-0.39, 0.29) is 24.5 Å². The summed E-state index contributed by atoms with van der Waals surface area (Å²) in [6.45, 7) is 3.54. The Morgan fingerprint density at radius 1 is 1.28 bits per heavy atom. The highest BCUT2D eigenvalue weighted by Gasteiger charge is 2.08. The molecule has 0 aliphatic heterocycles. The van der Waals surface area contributed by atoms with Gasteiger partial charge in [-0.15, -0.1) is 0 Å². The molecule has 3 N–H and O–H groups in total. The first-order valence-corrected chi connectivity index (χ1v) is 5.78. The van der Waals surface area contributed by atoms with Gasteiger partial charge >= 0.3 is 0 Å². The molecule has 0 bridgehead atoms. The zero-order valence-electron chi connectivity index (χ0n) is 10.6. The molecule has 18 heavy (non-hydrogen) atoms. The van der Waals surface area contributed by atoms with Crippen LogP contribution in [0.15, 0.2) is 24.3 Å². The van der Waals surface area contributed by atoms with E-state index in [0.29, 0.717) is 12.1 Å². The number of carbonyl (C=O) groups is 2. The first-order valence-electron chi connectivity index (χ1n) is 5.78. The summed E-state index contributed by atoms with van der Waals surface area (Å²) in [6.07, 6.45) is 0. The summed E-state index contributed by atoms with van der Waals surface area (Å²) in [7, 11) is 0. The normalized spacial score (nSPS) is 11.7. The number of amides is 2. The van der Waals surface area contributed by atoms with Gasteiger partial charge in [-0.1, -0.05) is 12.1 Å². The van der Waals surface area contributed by atoms with Crippen molar-refractivity contribution in [1.82, 2.24) is 10.6 Å². The number of carbonyl (C=O) groups excluding carboxylic acids is 2. The van der Waals surface area contributed by atoms with E-state index in [4.69, 9.17) is 5.11 Å². The summed E-state index contributed by atoms with van der Waals surface area (Å²) >= 11 is 0. The van der Waals surface area contributed by atoms with Crippen LogP contribution in [-0.2, 0) is 11.3 Å². The van der Waals surface area contributed by atoms with Crippen molar-refractivity contribution in [2.24, 2.45) is 0 Å². The number of aliphatic hydroxyl groups is 1. The molecule has 0 aromatic heterocycles. The minimum Gasteiger partial charge on any atom is -0.394 e. The molecule has 1 unspecified atom stereocenters. The minimum atomic E-state index is -0.267. The number of nitrogens with one attached hydrogen (secondary N) is 2. The average molecular weight is 250 g/mol. The monoisotopic (exact) mass is 250 g/mol. The summed E-state index contributed by atoms with van der Waals surface area (Å²) in [5.41, 5.74) is 1.46. The summed E-state index contributed by atoms with van der Waals surface area (Å²) in [4.78, 5) is 22.4. The fourth-order valence-corrected chi connectivity index (χ4v) is 1.35. The number of hydrogen-bond donors (Lipinski definition) is 3. The van der Waals surface area contributed by atoms with Crippen molar-refractivity contribution < 1.29 is 14.7 Å². The molecule has 1 aromatic rings. The molecule has 98 valence electrons. The molecular weight excluding hydrogens is 232 g/mol. The highest BCUT2D eigenvalue weighted by molar-refractivity contribution is 5.94. The van der Waals surface area contributed by atoms with Crippen LogP contribution in [0.5, 0.6) is 0 Å². The van der Waals surface area contributed by atoms with Crippen LogP contribution in [0.3, 0.4) is 0 Å². The van der Waals surface area contributed by atoms with Crippen LogP contribution < -0.4 is 10.6 Å². The van der Waals surface area contributed by atoms with Crippen LogP contribution in [0, 0.1) is 0 Å². The van der Waals surface area contributed by atoms with Crippen molar-refractivity contribution in [2.75, 3.05) is 6.61 Å². The van der Waals surface area contributed by atoms with Crippen LogP contribution in [0.25, 0.3) is 0 Å². The van der Waals surface area contributed by atoms with Gasteiger partial charge in [0.15, 0.2) is 0 Å². The van der Waals surface area contributed by atoms with Gasteiger partial charge in [-0.05, 0) is 24.6 Å². The zero-order valence-corrected chi connectivity index (χ0v) is 10.6. The van der Waals surface area contributed by atoms with E-state index in [0.717, 1.165) is 5.56 Å². The predicted molar refractivity (Wildman–Crippen MR) is 68.0 cm³/mol. The topological polar surface area (TPSA) is 78.4 Å². The standard InChI is InChI=1S/C13H18N2O3/c1-9(8-16)15-13(18)12-5-3-11(4-6-12)7-14-10(2)17/h3-6,9,16H,7-8H2,1-2H3,(H,14,17)(H,15,18). The van der Waals surface area contributed by atoms with Gasteiger partial charge in [0.1, 0.15) is 0 Å². The Balaban J connectivity index is 2.59. The van der Waals surface area contributed by atoms with Gasteiger partial charge in [0.05, 0.1) is 6.61 Å². The largest absolute Gasteiger partial charge is 0.394 e. The first kappa shape index (κ1) is 14.2. The maximum absolute atomic E-state index is 11.7. The summed E-state index contributed by atoms with van der Waals surface area (Å²) in [5, 5.41) is 14.2. The average Bonchev–Trinajstić information content (AvgIpc) is 2.36. The molecule has 1 atom stereocenters. The lowest BCUT2D eigenvalue weighted by molar-refractivity contribution is -0.119. The van der Waals surface area contributed by atoms with Crippen molar-refractivity contribution in [3.8, 4) is 0 Å². The number of benzene rings is 1.